The van der Waals surface area contributed by atoms with Crippen molar-refractivity contribution in [3.05, 3.63) is 83.4 Å². The van der Waals surface area contributed by atoms with Gasteiger partial charge in [0.25, 0.3) is 5.91 Å². The molecule has 0 saturated carbocycles. The van der Waals surface area contributed by atoms with E-state index in [-0.39, 0.29) is 17.7 Å². The van der Waals surface area contributed by atoms with Crippen LogP contribution in [0.5, 0.6) is 0 Å². The number of rotatable bonds is 5. The second-order valence-electron chi connectivity index (χ2n) is 7.39. The van der Waals surface area contributed by atoms with Gasteiger partial charge in [0.1, 0.15) is 5.69 Å². The fraction of sp³-hybridized carbons (Fsp3) is 0.261. The van der Waals surface area contributed by atoms with E-state index in [9.17, 15) is 9.59 Å². The van der Waals surface area contributed by atoms with Crippen molar-refractivity contribution in [2.45, 2.75) is 19.4 Å². The molecule has 1 aliphatic heterocycles. The number of amides is 2. The molecule has 1 aliphatic rings. The number of pyridine rings is 1. The minimum atomic E-state index is -0.0849. The van der Waals surface area contributed by atoms with Gasteiger partial charge < -0.3 is 14.8 Å². The Labute approximate surface area is 180 Å². The lowest BCUT2D eigenvalue weighted by Crippen LogP contribution is -2.43. The van der Waals surface area contributed by atoms with Crippen LogP contribution in [-0.2, 0) is 11.3 Å². The summed E-state index contributed by atoms with van der Waals surface area (Å²) in [6.07, 6.45) is 6.60. The summed E-state index contributed by atoms with van der Waals surface area (Å²) in [5.74, 6) is -0.0826. The molecular formula is C23H23ClN4O2. The van der Waals surface area contributed by atoms with Crippen LogP contribution in [0.3, 0.4) is 0 Å². The van der Waals surface area contributed by atoms with Crippen LogP contribution in [0.4, 0.5) is 0 Å². The smallest absolute Gasteiger partial charge is 0.270 e. The van der Waals surface area contributed by atoms with Crippen LogP contribution in [0.2, 0.25) is 5.02 Å². The van der Waals surface area contributed by atoms with Gasteiger partial charge in [0.15, 0.2) is 0 Å². The number of carbonyl (C=O) groups excluding carboxylic acids is 2. The maximum Gasteiger partial charge on any atom is 0.270 e. The fourth-order valence-electron chi connectivity index (χ4n) is 3.76. The van der Waals surface area contributed by atoms with E-state index in [1.807, 2.05) is 64.2 Å². The summed E-state index contributed by atoms with van der Waals surface area (Å²) in [7, 11) is 0. The highest BCUT2D eigenvalue weighted by atomic mass is 35.5. The third kappa shape index (κ3) is 4.54. The first kappa shape index (κ1) is 20.2. The average Bonchev–Trinajstić information content (AvgIpc) is 3.28. The van der Waals surface area contributed by atoms with Crippen LogP contribution in [0, 0.1) is 5.92 Å². The Bertz CT molecular complexity index is 1030. The lowest BCUT2D eigenvalue weighted by Gasteiger charge is -2.31. The van der Waals surface area contributed by atoms with E-state index in [2.05, 4.69) is 10.3 Å². The maximum atomic E-state index is 13.0. The predicted octanol–water partition coefficient (Wildman–Crippen LogP) is 3.69. The van der Waals surface area contributed by atoms with E-state index in [0.717, 1.165) is 11.3 Å². The third-order valence-corrected chi connectivity index (χ3v) is 5.64. The van der Waals surface area contributed by atoms with Crippen LogP contribution in [0.1, 0.15) is 28.9 Å². The number of halogens is 1. The molecular weight excluding hydrogens is 400 g/mol. The first-order chi connectivity index (χ1) is 14.6. The molecule has 1 fully saturated rings. The van der Waals surface area contributed by atoms with E-state index in [0.29, 0.717) is 43.2 Å². The molecule has 0 aliphatic carbocycles. The van der Waals surface area contributed by atoms with Gasteiger partial charge in [-0.3, -0.25) is 14.6 Å². The highest BCUT2D eigenvalue weighted by Crippen LogP contribution is 2.21. The Hall–Kier alpha value is -3.12. The normalized spacial score (nSPS) is 14.5. The molecule has 0 spiro atoms. The van der Waals surface area contributed by atoms with Crippen molar-refractivity contribution in [2.24, 2.45) is 5.92 Å². The molecule has 30 heavy (non-hydrogen) atoms. The molecule has 6 nitrogen and oxygen atoms in total. The number of piperidine rings is 1. The first-order valence-electron chi connectivity index (χ1n) is 10.0. The number of hydrogen-bond donors (Lipinski definition) is 1. The van der Waals surface area contributed by atoms with Crippen LogP contribution >= 0.6 is 11.6 Å². The van der Waals surface area contributed by atoms with Crippen molar-refractivity contribution in [3.63, 3.8) is 0 Å². The summed E-state index contributed by atoms with van der Waals surface area (Å²) in [5, 5.41) is 3.64. The molecule has 0 radical (unpaired) electrons. The lowest BCUT2D eigenvalue weighted by molar-refractivity contribution is -0.126. The van der Waals surface area contributed by atoms with Crippen molar-refractivity contribution in [1.82, 2.24) is 19.8 Å². The van der Waals surface area contributed by atoms with Gasteiger partial charge in [0, 0.05) is 43.0 Å². The molecule has 1 saturated heterocycles. The number of carbonyl (C=O) groups is 2. The number of aromatic nitrogens is 2. The quantitative estimate of drug-likeness (QED) is 0.681. The SMILES string of the molecule is O=C(NCc1cccc(Cl)c1)C1CCN(C(=O)c2cccn2-c2cccnc2)CC1. The van der Waals surface area contributed by atoms with E-state index in [1.165, 1.54) is 0 Å². The Balaban J connectivity index is 1.33. The molecule has 1 aromatic carbocycles. The van der Waals surface area contributed by atoms with Gasteiger partial charge in [-0.15, -0.1) is 0 Å². The van der Waals surface area contributed by atoms with Crippen LogP contribution in [0.25, 0.3) is 5.69 Å². The lowest BCUT2D eigenvalue weighted by atomic mass is 9.95. The zero-order valence-corrected chi connectivity index (χ0v) is 17.3. The number of likely N-dealkylation sites (tertiary alicyclic amines) is 1. The van der Waals surface area contributed by atoms with Crippen LogP contribution < -0.4 is 5.32 Å². The predicted molar refractivity (Wildman–Crippen MR) is 115 cm³/mol. The molecule has 4 rings (SSSR count). The van der Waals surface area contributed by atoms with Gasteiger partial charge in [0.2, 0.25) is 5.91 Å². The van der Waals surface area contributed by atoms with Gasteiger partial charge in [-0.2, -0.15) is 0 Å². The summed E-state index contributed by atoms with van der Waals surface area (Å²) in [6, 6.07) is 14.9. The minimum Gasteiger partial charge on any atom is -0.352 e. The number of hydrogen-bond acceptors (Lipinski definition) is 3. The average molecular weight is 423 g/mol. The summed E-state index contributed by atoms with van der Waals surface area (Å²) < 4.78 is 1.85. The minimum absolute atomic E-state index is 0.0263. The summed E-state index contributed by atoms with van der Waals surface area (Å²) in [5.41, 5.74) is 2.42. The Morgan fingerprint density at radius 1 is 1.10 bits per heavy atom. The second-order valence-corrected chi connectivity index (χ2v) is 7.83. The molecule has 154 valence electrons. The molecule has 1 N–H and O–H groups in total. The topological polar surface area (TPSA) is 67.2 Å². The van der Waals surface area contributed by atoms with E-state index < -0.39 is 0 Å². The van der Waals surface area contributed by atoms with Crippen molar-refractivity contribution in [2.75, 3.05) is 13.1 Å². The zero-order chi connectivity index (χ0) is 20.9. The molecule has 0 bridgehead atoms. The molecule has 0 unspecified atom stereocenters. The zero-order valence-electron chi connectivity index (χ0n) is 16.5. The van der Waals surface area contributed by atoms with Gasteiger partial charge in [-0.05, 0) is 54.8 Å². The largest absolute Gasteiger partial charge is 0.352 e. The fourth-order valence-corrected chi connectivity index (χ4v) is 3.98. The summed E-state index contributed by atoms with van der Waals surface area (Å²) >= 11 is 5.99. The van der Waals surface area contributed by atoms with Crippen molar-refractivity contribution >= 4 is 23.4 Å². The number of nitrogens with one attached hydrogen (secondary N) is 1. The Morgan fingerprint density at radius 2 is 1.93 bits per heavy atom. The van der Waals surface area contributed by atoms with Gasteiger partial charge in [-0.25, -0.2) is 0 Å². The summed E-state index contributed by atoms with van der Waals surface area (Å²) in [4.78, 5) is 31.5. The van der Waals surface area contributed by atoms with E-state index >= 15 is 0 Å². The maximum absolute atomic E-state index is 13.0. The van der Waals surface area contributed by atoms with Crippen molar-refractivity contribution < 1.29 is 9.59 Å². The molecule has 3 aromatic rings. The van der Waals surface area contributed by atoms with Crippen molar-refractivity contribution in [1.29, 1.82) is 0 Å². The monoisotopic (exact) mass is 422 g/mol. The van der Waals surface area contributed by atoms with Gasteiger partial charge in [0.05, 0.1) is 11.9 Å². The molecule has 7 heteroatoms. The van der Waals surface area contributed by atoms with Gasteiger partial charge >= 0.3 is 0 Å². The Kier molecular flexibility index (Phi) is 6.14. The number of nitrogens with zero attached hydrogens (tertiary/aromatic N) is 3. The van der Waals surface area contributed by atoms with Crippen molar-refractivity contribution in [3.8, 4) is 5.69 Å². The standard InChI is InChI=1S/C23H23ClN4O2/c24-19-5-1-4-17(14-19)15-26-22(29)18-8-12-27(13-9-18)23(30)21-7-3-11-28(21)20-6-2-10-25-16-20/h1-7,10-11,14,16,18H,8-9,12-13,15H2,(H,26,29). The van der Waals surface area contributed by atoms with E-state index in [1.54, 1.807) is 12.4 Å². The van der Waals surface area contributed by atoms with Crippen LogP contribution in [0.15, 0.2) is 67.1 Å². The first-order valence-corrected chi connectivity index (χ1v) is 10.4. The van der Waals surface area contributed by atoms with Gasteiger partial charge in [-0.1, -0.05) is 23.7 Å². The van der Waals surface area contributed by atoms with Crippen LogP contribution in [-0.4, -0.2) is 39.4 Å². The highest BCUT2D eigenvalue weighted by molar-refractivity contribution is 6.30. The third-order valence-electron chi connectivity index (χ3n) is 5.40. The molecule has 2 aromatic heterocycles. The number of benzene rings is 1. The van der Waals surface area contributed by atoms with E-state index in [4.69, 9.17) is 11.6 Å². The molecule has 2 amide bonds. The highest BCUT2D eigenvalue weighted by Gasteiger charge is 2.28. The molecule has 3 heterocycles. The molecule has 0 atom stereocenters. The summed E-state index contributed by atoms with van der Waals surface area (Å²) in [6.45, 7) is 1.58. The second kappa shape index (κ2) is 9.13. The Morgan fingerprint density at radius 3 is 2.67 bits per heavy atom.